The summed E-state index contributed by atoms with van der Waals surface area (Å²) in [7, 11) is 0. The normalized spacial score (nSPS) is 22.5. The van der Waals surface area contributed by atoms with Gasteiger partial charge in [0.15, 0.2) is 6.29 Å². The van der Waals surface area contributed by atoms with E-state index in [4.69, 9.17) is 9.47 Å². The Balaban J connectivity index is 2.46. The molecule has 1 saturated heterocycles. The fraction of sp³-hybridized carbons (Fsp3) is 0.929. The fourth-order valence-electron chi connectivity index (χ4n) is 6.87. The number of rotatable bonds is 35. The second-order valence-corrected chi connectivity index (χ2v) is 15.3. The van der Waals surface area contributed by atoms with Gasteiger partial charge in [-0.3, -0.25) is 4.79 Å². The molecule has 8 atom stereocenters. The molecular weight excluding hydrogens is 662 g/mol. The van der Waals surface area contributed by atoms with Gasteiger partial charge in [0, 0.05) is 0 Å². The zero-order chi connectivity index (χ0) is 38.2. The molecule has 0 aromatic heterocycles. The van der Waals surface area contributed by atoms with Crippen molar-refractivity contribution in [3.63, 3.8) is 0 Å². The van der Waals surface area contributed by atoms with E-state index in [0.29, 0.717) is 6.42 Å². The Bertz CT molecular complexity index is 844. The maximum Gasteiger partial charge on any atom is 0.249 e. The molecule has 0 radical (unpaired) electrons. The summed E-state index contributed by atoms with van der Waals surface area (Å²) >= 11 is 0. The van der Waals surface area contributed by atoms with Gasteiger partial charge < -0.3 is 45.4 Å². The van der Waals surface area contributed by atoms with Gasteiger partial charge in [0.25, 0.3) is 0 Å². The predicted molar refractivity (Wildman–Crippen MR) is 209 cm³/mol. The third-order valence-electron chi connectivity index (χ3n) is 10.5. The molecule has 1 rings (SSSR count). The zero-order valence-electron chi connectivity index (χ0n) is 33.2. The number of carbonyl (C=O) groups excluding carboxylic acids is 1. The standard InChI is InChI=1S/C42H81NO9/c1-3-5-7-9-11-13-15-16-17-18-19-21-22-24-26-28-30-35(45)34(33-51-42-40(49)39(48)38(47)37(32-44)52-42)43-41(50)36(46)31-29-27-25-23-20-14-12-10-8-6-4-2/h28,30,34-40,42,44-49H,3-27,29,31-33H2,1-2H3,(H,43,50)/b30-28+. The maximum atomic E-state index is 13.0. The quantitative estimate of drug-likeness (QED) is 0.0264. The lowest BCUT2D eigenvalue weighted by Gasteiger charge is -2.40. The number of aliphatic hydroxyl groups excluding tert-OH is 6. The molecule has 0 aromatic carbocycles. The van der Waals surface area contributed by atoms with Gasteiger partial charge in [0.05, 0.1) is 25.4 Å². The van der Waals surface area contributed by atoms with Crippen LogP contribution < -0.4 is 5.32 Å². The van der Waals surface area contributed by atoms with Crippen LogP contribution in [0.5, 0.6) is 0 Å². The van der Waals surface area contributed by atoms with E-state index in [2.05, 4.69) is 19.2 Å². The van der Waals surface area contributed by atoms with Crippen LogP contribution in [0.25, 0.3) is 0 Å². The molecule has 1 heterocycles. The van der Waals surface area contributed by atoms with Gasteiger partial charge in [-0.25, -0.2) is 0 Å². The minimum absolute atomic E-state index is 0.302. The number of allylic oxidation sites excluding steroid dienone is 1. The molecule has 0 bridgehead atoms. The first-order valence-corrected chi connectivity index (χ1v) is 21.5. The number of ether oxygens (including phenoxy) is 2. The van der Waals surface area contributed by atoms with Crippen molar-refractivity contribution in [2.24, 2.45) is 0 Å². The maximum absolute atomic E-state index is 13.0. The van der Waals surface area contributed by atoms with Crippen molar-refractivity contribution in [3.8, 4) is 0 Å². The third-order valence-corrected chi connectivity index (χ3v) is 10.5. The SMILES string of the molecule is CCCCCCCCCCCCCCCC/C=C/C(O)C(COC1OC(CO)C(O)C(O)C1O)NC(=O)C(O)CCCCCCCCCCCCC. The van der Waals surface area contributed by atoms with E-state index in [1.165, 1.54) is 122 Å². The summed E-state index contributed by atoms with van der Waals surface area (Å²) in [5, 5.41) is 64.4. The number of unbranched alkanes of at least 4 members (excludes halogenated alkanes) is 24. The Labute approximate surface area is 317 Å². The molecule has 308 valence electrons. The molecule has 1 aliphatic heterocycles. The summed E-state index contributed by atoms with van der Waals surface area (Å²) in [6, 6.07) is -0.973. The number of carbonyl (C=O) groups is 1. The van der Waals surface area contributed by atoms with Crippen LogP contribution in [0.4, 0.5) is 0 Å². The summed E-state index contributed by atoms with van der Waals surface area (Å²) in [4.78, 5) is 13.0. The van der Waals surface area contributed by atoms with Crippen molar-refractivity contribution in [2.75, 3.05) is 13.2 Å². The highest BCUT2D eigenvalue weighted by molar-refractivity contribution is 5.80. The number of amides is 1. The summed E-state index contributed by atoms with van der Waals surface area (Å²) in [5.74, 6) is -0.617. The Morgan fingerprint density at radius 3 is 1.56 bits per heavy atom. The smallest absolute Gasteiger partial charge is 0.249 e. The molecule has 10 nitrogen and oxygen atoms in total. The fourth-order valence-corrected chi connectivity index (χ4v) is 6.87. The lowest BCUT2D eigenvalue weighted by Crippen LogP contribution is -2.60. The highest BCUT2D eigenvalue weighted by Gasteiger charge is 2.44. The number of nitrogens with one attached hydrogen (secondary N) is 1. The molecule has 10 heteroatoms. The van der Waals surface area contributed by atoms with Crippen LogP contribution in [0.1, 0.15) is 187 Å². The van der Waals surface area contributed by atoms with Gasteiger partial charge in [-0.1, -0.05) is 180 Å². The zero-order valence-corrected chi connectivity index (χ0v) is 33.2. The van der Waals surface area contributed by atoms with Crippen LogP contribution in [-0.2, 0) is 14.3 Å². The molecular formula is C42H81NO9. The lowest BCUT2D eigenvalue weighted by atomic mass is 9.99. The first kappa shape index (κ1) is 48.9. The second-order valence-electron chi connectivity index (χ2n) is 15.3. The largest absolute Gasteiger partial charge is 0.394 e. The van der Waals surface area contributed by atoms with Gasteiger partial charge in [0.2, 0.25) is 5.91 Å². The van der Waals surface area contributed by atoms with Crippen molar-refractivity contribution in [3.05, 3.63) is 12.2 Å². The van der Waals surface area contributed by atoms with E-state index < -0.39 is 61.5 Å². The van der Waals surface area contributed by atoms with Crippen LogP contribution in [0.15, 0.2) is 12.2 Å². The van der Waals surface area contributed by atoms with Gasteiger partial charge in [-0.05, 0) is 19.3 Å². The van der Waals surface area contributed by atoms with Crippen molar-refractivity contribution in [2.45, 2.75) is 236 Å². The Morgan fingerprint density at radius 1 is 0.654 bits per heavy atom. The van der Waals surface area contributed by atoms with Crippen LogP contribution >= 0.6 is 0 Å². The van der Waals surface area contributed by atoms with E-state index in [0.717, 1.165) is 44.9 Å². The monoisotopic (exact) mass is 744 g/mol. The number of hydrogen-bond acceptors (Lipinski definition) is 9. The predicted octanol–water partition coefficient (Wildman–Crippen LogP) is 7.14. The van der Waals surface area contributed by atoms with Crippen molar-refractivity contribution >= 4 is 5.91 Å². The van der Waals surface area contributed by atoms with Gasteiger partial charge in [0.1, 0.15) is 30.5 Å². The van der Waals surface area contributed by atoms with Crippen LogP contribution in [-0.4, -0.2) is 98.7 Å². The van der Waals surface area contributed by atoms with Crippen LogP contribution in [0.3, 0.4) is 0 Å². The molecule has 1 aliphatic rings. The number of aliphatic hydroxyl groups is 6. The van der Waals surface area contributed by atoms with E-state index in [1.54, 1.807) is 6.08 Å². The van der Waals surface area contributed by atoms with Crippen molar-refractivity contribution < 1.29 is 44.9 Å². The summed E-state index contributed by atoms with van der Waals surface area (Å²) in [6.45, 7) is 3.58. The Hall–Kier alpha value is -1.11. The minimum atomic E-state index is -1.61. The Kier molecular flexibility index (Phi) is 31.3. The van der Waals surface area contributed by atoms with E-state index in [-0.39, 0.29) is 6.61 Å². The average Bonchev–Trinajstić information content (AvgIpc) is 3.14. The highest BCUT2D eigenvalue weighted by atomic mass is 16.7. The molecule has 1 fully saturated rings. The van der Waals surface area contributed by atoms with E-state index in [9.17, 15) is 35.4 Å². The van der Waals surface area contributed by atoms with Crippen LogP contribution in [0, 0.1) is 0 Å². The average molecular weight is 744 g/mol. The first-order chi connectivity index (χ1) is 25.3. The minimum Gasteiger partial charge on any atom is -0.394 e. The van der Waals surface area contributed by atoms with E-state index in [1.807, 2.05) is 6.08 Å². The third kappa shape index (κ3) is 23.6. The van der Waals surface area contributed by atoms with Crippen LogP contribution in [0.2, 0.25) is 0 Å². The van der Waals surface area contributed by atoms with Crippen molar-refractivity contribution in [1.82, 2.24) is 5.32 Å². The van der Waals surface area contributed by atoms with E-state index >= 15 is 0 Å². The molecule has 0 saturated carbocycles. The molecule has 52 heavy (non-hydrogen) atoms. The molecule has 1 amide bonds. The van der Waals surface area contributed by atoms with Crippen molar-refractivity contribution in [1.29, 1.82) is 0 Å². The molecule has 0 spiro atoms. The number of hydrogen-bond donors (Lipinski definition) is 7. The summed E-state index contributed by atoms with van der Waals surface area (Å²) < 4.78 is 11.1. The van der Waals surface area contributed by atoms with Gasteiger partial charge >= 0.3 is 0 Å². The Morgan fingerprint density at radius 2 is 1.10 bits per heavy atom. The lowest BCUT2D eigenvalue weighted by molar-refractivity contribution is -0.302. The molecule has 8 unspecified atom stereocenters. The second kappa shape index (κ2) is 33.2. The molecule has 7 N–H and O–H groups in total. The topological polar surface area (TPSA) is 169 Å². The highest BCUT2D eigenvalue weighted by Crippen LogP contribution is 2.23. The van der Waals surface area contributed by atoms with Gasteiger partial charge in [-0.2, -0.15) is 0 Å². The summed E-state index contributed by atoms with van der Waals surface area (Å²) in [6.07, 6.45) is 25.8. The molecule has 0 aliphatic carbocycles. The molecule has 0 aromatic rings. The van der Waals surface area contributed by atoms with Gasteiger partial charge in [-0.15, -0.1) is 0 Å². The first-order valence-electron chi connectivity index (χ1n) is 21.5. The summed E-state index contributed by atoms with van der Waals surface area (Å²) in [5.41, 5.74) is 0.